The van der Waals surface area contributed by atoms with Crippen molar-refractivity contribution in [3.63, 3.8) is 0 Å². The Kier molecular flexibility index (Phi) is 4.70. The Hall–Kier alpha value is -1.95. The van der Waals surface area contributed by atoms with Crippen LogP contribution in [0.1, 0.15) is 49.5 Å². The smallest absolute Gasteiger partial charge is 0.173 e. The molecule has 6 nitrogen and oxygen atoms in total. The van der Waals surface area contributed by atoms with E-state index in [1.165, 1.54) is 43.4 Å². The molecule has 1 aromatic heterocycles. The van der Waals surface area contributed by atoms with Crippen LogP contribution >= 0.6 is 0 Å². The number of fused-ring (bicyclic) bond motifs is 1. The Bertz CT molecular complexity index is 686. The lowest BCUT2D eigenvalue weighted by Gasteiger charge is -2.38. The average molecular weight is 340 g/mol. The summed E-state index contributed by atoms with van der Waals surface area (Å²) in [6.07, 6.45) is 6.92. The lowest BCUT2D eigenvalue weighted by atomic mass is 9.88. The molecule has 0 N–H and O–H groups in total. The fraction of sp³-hybridized carbons (Fsp3) is 0.632. The third-order valence-corrected chi connectivity index (χ3v) is 5.71. The number of nitrogens with zero attached hydrogens (tertiary/aromatic N) is 6. The van der Waals surface area contributed by atoms with Gasteiger partial charge in [-0.05, 0) is 46.9 Å². The highest BCUT2D eigenvalue weighted by molar-refractivity contribution is 5.47. The number of rotatable bonds is 4. The van der Waals surface area contributed by atoms with Gasteiger partial charge in [-0.15, -0.1) is 5.10 Å². The van der Waals surface area contributed by atoms with Crippen molar-refractivity contribution >= 4 is 5.69 Å². The van der Waals surface area contributed by atoms with Gasteiger partial charge in [-0.3, -0.25) is 4.90 Å². The summed E-state index contributed by atoms with van der Waals surface area (Å²) in [6.45, 7) is 3.07. The maximum atomic E-state index is 4.37. The molecule has 25 heavy (non-hydrogen) atoms. The predicted octanol–water partition coefficient (Wildman–Crippen LogP) is 2.72. The van der Waals surface area contributed by atoms with Crippen LogP contribution in [-0.4, -0.2) is 52.3 Å². The number of tetrazole rings is 1. The van der Waals surface area contributed by atoms with Crippen LogP contribution in [0.15, 0.2) is 24.3 Å². The molecule has 0 saturated heterocycles. The van der Waals surface area contributed by atoms with Crippen LogP contribution in [0.2, 0.25) is 0 Å². The van der Waals surface area contributed by atoms with E-state index in [-0.39, 0.29) is 6.04 Å². The fourth-order valence-corrected chi connectivity index (χ4v) is 4.29. The highest BCUT2D eigenvalue weighted by atomic mass is 15.6. The molecule has 1 aliphatic carbocycles. The number of hydrogen-bond donors (Lipinski definition) is 0. The van der Waals surface area contributed by atoms with Crippen molar-refractivity contribution in [2.24, 2.45) is 5.92 Å². The highest BCUT2D eigenvalue weighted by Gasteiger charge is 2.33. The summed E-state index contributed by atoms with van der Waals surface area (Å²) in [5, 5.41) is 12.5. The van der Waals surface area contributed by atoms with E-state index in [9.17, 15) is 0 Å². The minimum absolute atomic E-state index is 0.168. The molecule has 1 saturated carbocycles. The van der Waals surface area contributed by atoms with Gasteiger partial charge in [-0.1, -0.05) is 31.4 Å². The maximum Gasteiger partial charge on any atom is 0.173 e. The van der Waals surface area contributed by atoms with Crippen LogP contribution in [-0.2, 0) is 6.54 Å². The van der Waals surface area contributed by atoms with Gasteiger partial charge in [0, 0.05) is 32.9 Å². The van der Waals surface area contributed by atoms with Crippen LogP contribution in [0.3, 0.4) is 0 Å². The second-order valence-corrected chi connectivity index (χ2v) is 7.65. The van der Waals surface area contributed by atoms with E-state index in [0.29, 0.717) is 0 Å². The van der Waals surface area contributed by atoms with E-state index in [4.69, 9.17) is 0 Å². The topological polar surface area (TPSA) is 50.1 Å². The van der Waals surface area contributed by atoms with Gasteiger partial charge in [0.1, 0.15) is 0 Å². The number of benzene rings is 1. The molecule has 1 aliphatic heterocycles. The van der Waals surface area contributed by atoms with Crippen molar-refractivity contribution in [3.8, 4) is 0 Å². The van der Waals surface area contributed by atoms with E-state index in [0.717, 1.165) is 31.4 Å². The highest BCUT2D eigenvalue weighted by Crippen LogP contribution is 2.34. The summed E-state index contributed by atoms with van der Waals surface area (Å²) in [5.74, 6) is 1.80. The number of aromatic nitrogens is 4. The first-order valence-electron chi connectivity index (χ1n) is 9.50. The first-order valence-corrected chi connectivity index (χ1v) is 9.50. The molecule has 134 valence electrons. The number of anilines is 1. The van der Waals surface area contributed by atoms with Gasteiger partial charge in [-0.2, -0.15) is 0 Å². The summed E-state index contributed by atoms with van der Waals surface area (Å²) in [4.78, 5) is 4.74. The lowest BCUT2D eigenvalue weighted by molar-refractivity contribution is 0.132. The molecule has 6 heteroatoms. The Morgan fingerprint density at radius 1 is 1.04 bits per heavy atom. The van der Waals surface area contributed by atoms with E-state index in [2.05, 4.69) is 63.7 Å². The zero-order valence-corrected chi connectivity index (χ0v) is 15.3. The van der Waals surface area contributed by atoms with Gasteiger partial charge in [0.05, 0.1) is 12.6 Å². The lowest BCUT2D eigenvalue weighted by Crippen LogP contribution is -2.42. The van der Waals surface area contributed by atoms with Crippen molar-refractivity contribution in [2.75, 3.05) is 32.1 Å². The van der Waals surface area contributed by atoms with Crippen LogP contribution in [0, 0.1) is 5.92 Å². The molecule has 4 rings (SSSR count). The summed E-state index contributed by atoms with van der Waals surface area (Å²) in [7, 11) is 4.15. The Morgan fingerprint density at radius 3 is 2.52 bits per heavy atom. The van der Waals surface area contributed by atoms with Crippen LogP contribution in [0.25, 0.3) is 0 Å². The first kappa shape index (κ1) is 16.5. The third kappa shape index (κ3) is 3.40. The van der Waals surface area contributed by atoms with Crippen molar-refractivity contribution in [2.45, 2.75) is 44.7 Å². The SMILES string of the molecule is CN(C)c1ccc(C2c3nnnn3CCN2CC2CCCCC2)cc1. The summed E-state index contributed by atoms with van der Waals surface area (Å²) < 4.78 is 1.97. The van der Waals surface area contributed by atoms with Crippen molar-refractivity contribution in [1.82, 2.24) is 25.1 Å². The average Bonchev–Trinajstić information content (AvgIpc) is 3.11. The molecule has 0 bridgehead atoms. The van der Waals surface area contributed by atoms with Gasteiger partial charge >= 0.3 is 0 Å². The van der Waals surface area contributed by atoms with Gasteiger partial charge in [-0.25, -0.2) is 4.68 Å². The summed E-state index contributed by atoms with van der Waals surface area (Å²) in [6, 6.07) is 9.02. The van der Waals surface area contributed by atoms with Crippen LogP contribution in [0.4, 0.5) is 5.69 Å². The Morgan fingerprint density at radius 2 is 1.80 bits per heavy atom. The molecule has 1 atom stereocenters. The maximum absolute atomic E-state index is 4.37. The second-order valence-electron chi connectivity index (χ2n) is 7.65. The van der Waals surface area contributed by atoms with Gasteiger partial charge in [0.15, 0.2) is 5.82 Å². The van der Waals surface area contributed by atoms with Crippen LogP contribution < -0.4 is 4.90 Å². The zero-order chi connectivity index (χ0) is 17.2. The molecule has 0 amide bonds. The van der Waals surface area contributed by atoms with E-state index < -0.39 is 0 Å². The quantitative estimate of drug-likeness (QED) is 0.856. The monoisotopic (exact) mass is 340 g/mol. The fourth-order valence-electron chi connectivity index (χ4n) is 4.29. The van der Waals surface area contributed by atoms with Gasteiger partial charge < -0.3 is 4.90 Å². The van der Waals surface area contributed by atoms with Gasteiger partial charge in [0.2, 0.25) is 0 Å². The zero-order valence-electron chi connectivity index (χ0n) is 15.3. The van der Waals surface area contributed by atoms with Gasteiger partial charge in [0.25, 0.3) is 0 Å². The summed E-state index contributed by atoms with van der Waals surface area (Å²) in [5.41, 5.74) is 2.51. The molecule has 0 spiro atoms. The second kappa shape index (κ2) is 7.12. The largest absolute Gasteiger partial charge is 0.378 e. The Balaban J connectivity index is 1.61. The number of hydrogen-bond acceptors (Lipinski definition) is 5. The standard InChI is InChI=1S/C19H28N6/c1-23(2)17-10-8-16(9-11-17)18-19-20-21-22-25(19)13-12-24(18)14-15-6-4-3-5-7-15/h8-11,15,18H,3-7,12-14H2,1-2H3. The van der Waals surface area contributed by atoms with Crippen molar-refractivity contribution < 1.29 is 0 Å². The molecule has 1 aromatic carbocycles. The molecular weight excluding hydrogens is 312 g/mol. The molecule has 1 unspecified atom stereocenters. The third-order valence-electron chi connectivity index (χ3n) is 5.71. The minimum atomic E-state index is 0.168. The molecule has 2 heterocycles. The molecule has 0 radical (unpaired) electrons. The minimum Gasteiger partial charge on any atom is -0.378 e. The summed E-state index contributed by atoms with van der Waals surface area (Å²) >= 11 is 0. The first-order chi connectivity index (χ1) is 12.2. The van der Waals surface area contributed by atoms with E-state index >= 15 is 0 Å². The molecule has 2 aromatic rings. The van der Waals surface area contributed by atoms with Crippen molar-refractivity contribution in [3.05, 3.63) is 35.7 Å². The van der Waals surface area contributed by atoms with E-state index in [1.54, 1.807) is 0 Å². The van der Waals surface area contributed by atoms with Crippen molar-refractivity contribution in [1.29, 1.82) is 0 Å². The van der Waals surface area contributed by atoms with E-state index in [1.807, 2.05) is 4.68 Å². The molecule has 1 fully saturated rings. The predicted molar refractivity (Wildman–Crippen MR) is 98.6 cm³/mol. The molecule has 2 aliphatic rings. The van der Waals surface area contributed by atoms with Crippen LogP contribution in [0.5, 0.6) is 0 Å². The Labute approximate surface area is 149 Å². The normalized spacial score (nSPS) is 21.9. The molecular formula is C19H28N6.